The van der Waals surface area contributed by atoms with Crippen molar-refractivity contribution in [1.82, 2.24) is 20.6 Å². The maximum absolute atomic E-state index is 9.11. The quantitative estimate of drug-likeness (QED) is 0.722. The largest absolute Gasteiger partial charge is 0.360 e. The van der Waals surface area contributed by atoms with Crippen molar-refractivity contribution < 1.29 is 0 Å². The molecule has 0 aliphatic heterocycles. The second-order valence-corrected chi connectivity index (χ2v) is 4.99. The highest BCUT2D eigenvalue weighted by Gasteiger charge is 2.05. The number of rotatable bonds is 4. The van der Waals surface area contributed by atoms with Crippen molar-refractivity contribution in [3.63, 3.8) is 0 Å². The molecule has 1 heterocycles. The summed E-state index contributed by atoms with van der Waals surface area (Å²) < 4.78 is 0. The number of tetrazole rings is 1. The normalized spacial score (nSPS) is 11.0. The van der Waals surface area contributed by atoms with E-state index in [1.54, 1.807) is 6.20 Å². The van der Waals surface area contributed by atoms with E-state index in [4.69, 9.17) is 5.26 Å². The molecule has 0 aliphatic carbocycles. The van der Waals surface area contributed by atoms with Crippen LogP contribution in [-0.2, 0) is 0 Å². The molecule has 0 fully saturated rings. The molecule has 0 unspecified atom stereocenters. The summed E-state index contributed by atoms with van der Waals surface area (Å²) in [5.41, 5.74) is 4.72. The van der Waals surface area contributed by atoms with Gasteiger partial charge in [0.2, 0.25) is 5.82 Å². The van der Waals surface area contributed by atoms with Crippen LogP contribution >= 0.6 is 0 Å². The van der Waals surface area contributed by atoms with Crippen molar-refractivity contribution >= 4 is 11.3 Å². The third-order valence-electron chi connectivity index (χ3n) is 3.36. The number of anilines is 1. The number of nitriles is 1. The van der Waals surface area contributed by atoms with Crippen LogP contribution in [0.15, 0.2) is 54.7 Å². The minimum atomic E-state index is 0.260. The predicted octanol–water partition coefficient (Wildman–Crippen LogP) is 3.15. The van der Waals surface area contributed by atoms with Crippen molar-refractivity contribution in [2.75, 3.05) is 5.32 Å². The lowest BCUT2D eigenvalue weighted by atomic mass is 10.0. The summed E-state index contributed by atoms with van der Waals surface area (Å²) >= 11 is 0. The smallest absolute Gasteiger partial charge is 0.216 e. The van der Waals surface area contributed by atoms with E-state index in [0.29, 0.717) is 5.57 Å². The van der Waals surface area contributed by atoms with Gasteiger partial charge in [0.1, 0.15) is 11.6 Å². The van der Waals surface area contributed by atoms with Gasteiger partial charge in [0.25, 0.3) is 0 Å². The lowest BCUT2D eigenvalue weighted by Crippen LogP contribution is -1.93. The molecule has 0 bridgehead atoms. The van der Waals surface area contributed by atoms with Gasteiger partial charge in [-0.3, -0.25) is 0 Å². The molecule has 0 saturated heterocycles. The Labute approximate surface area is 133 Å². The van der Waals surface area contributed by atoms with Crippen LogP contribution in [0.4, 0.5) is 5.69 Å². The molecule has 6 nitrogen and oxygen atoms in total. The maximum Gasteiger partial charge on any atom is 0.216 e. The fourth-order valence-corrected chi connectivity index (χ4v) is 2.08. The summed E-state index contributed by atoms with van der Waals surface area (Å²) in [5, 5.41) is 25.5. The number of benzene rings is 2. The van der Waals surface area contributed by atoms with E-state index in [1.165, 1.54) is 11.1 Å². The Hall–Kier alpha value is -3.46. The second kappa shape index (κ2) is 6.54. The molecule has 112 valence electrons. The molecule has 1 aromatic heterocycles. The summed E-state index contributed by atoms with van der Waals surface area (Å²) in [4.78, 5) is 0. The van der Waals surface area contributed by atoms with E-state index in [9.17, 15) is 0 Å². The molecule has 0 amide bonds. The molecule has 2 N–H and O–H groups in total. The first-order valence-corrected chi connectivity index (χ1v) is 7.04. The molecule has 3 aromatic rings. The van der Waals surface area contributed by atoms with Crippen molar-refractivity contribution in [2.45, 2.75) is 6.92 Å². The third kappa shape index (κ3) is 3.41. The summed E-state index contributed by atoms with van der Waals surface area (Å²) in [5.74, 6) is 0.260. The van der Waals surface area contributed by atoms with Gasteiger partial charge in [0, 0.05) is 11.9 Å². The van der Waals surface area contributed by atoms with E-state index in [-0.39, 0.29) is 5.82 Å². The number of aryl methyl sites for hydroxylation is 1. The van der Waals surface area contributed by atoms with E-state index in [0.717, 1.165) is 11.3 Å². The van der Waals surface area contributed by atoms with Crippen LogP contribution in [0, 0.1) is 18.3 Å². The highest BCUT2D eigenvalue weighted by molar-refractivity contribution is 5.74. The fraction of sp³-hybridized carbons (Fsp3) is 0.0588. The Morgan fingerprint density at radius 2 is 1.74 bits per heavy atom. The zero-order chi connectivity index (χ0) is 16.1. The molecule has 0 saturated carbocycles. The van der Waals surface area contributed by atoms with E-state index in [2.05, 4.69) is 57.1 Å². The number of aromatic nitrogens is 4. The van der Waals surface area contributed by atoms with Gasteiger partial charge in [-0.2, -0.15) is 10.5 Å². The molecule has 0 atom stereocenters. The number of allylic oxidation sites excluding steroid dienone is 1. The van der Waals surface area contributed by atoms with Crippen LogP contribution in [0.1, 0.15) is 11.4 Å². The zero-order valence-corrected chi connectivity index (χ0v) is 12.5. The summed E-state index contributed by atoms with van der Waals surface area (Å²) in [6, 6.07) is 18.4. The van der Waals surface area contributed by atoms with Crippen LogP contribution in [0.3, 0.4) is 0 Å². The minimum absolute atomic E-state index is 0.260. The molecule has 3 rings (SSSR count). The maximum atomic E-state index is 9.11. The molecular weight excluding hydrogens is 288 g/mol. The number of hydrogen-bond acceptors (Lipinski definition) is 5. The lowest BCUT2D eigenvalue weighted by molar-refractivity contribution is 0.881. The first-order chi connectivity index (χ1) is 11.3. The molecule has 6 heteroatoms. The van der Waals surface area contributed by atoms with Gasteiger partial charge in [0.15, 0.2) is 0 Å². The summed E-state index contributed by atoms with van der Waals surface area (Å²) in [7, 11) is 0. The fourth-order valence-electron chi connectivity index (χ4n) is 2.08. The third-order valence-corrected chi connectivity index (χ3v) is 3.36. The van der Waals surface area contributed by atoms with Gasteiger partial charge < -0.3 is 5.32 Å². The zero-order valence-electron chi connectivity index (χ0n) is 12.5. The van der Waals surface area contributed by atoms with Crippen LogP contribution in [0.2, 0.25) is 0 Å². The number of aromatic amines is 1. The lowest BCUT2D eigenvalue weighted by Gasteiger charge is -2.05. The molecule has 0 aliphatic rings. The molecule has 0 spiro atoms. The Morgan fingerprint density at radius 3 is 2.30 bits per heavy atom. The summed E-state index contributed by atoms with van der Waals surface area (Å²) in [6.45, 7) is 2.07. The molecule has 2 aromatic carbocycles. The average molecular weight is 302 g/mol. The summed E-state index contributed by atoms with van der Waals surface area (Å²) in [6.07, 6.45) is 1.56. The molecule has 23 heavy (non-hydrogen) atoms. The van der Waals surface area contributed by atoms with E-state index < -0.39 is 0 Å². The molecule has 0 radical (unpaired) electrons. The monoisotopic (exact) mass is 302 g/mol. The number of nitrogens with one attached hydrogen (secondary N) is 2. The van der Waals surface area contributed by atoms with Crippen molar-refractivity contribution in [2.24, 2.45) is 0 Å². The van der Waals surface area contributed by atoms with Gasteiger partial charge in [-0.05, 0) is 35.4 Å². The SMILES string of the molecule is Cc1ccc(-c2ccc(NC=C(C#N)c3nn[nH]n3)cc2)cc1. The average Bonchev–Trinajstić information content (AvgIpc) is 3.11. The topological polar surface area (TPSA) is 90.3 Å². The van der Waals surface area contributed by atoms with Crippen LogP contribution in [0.25, 0.3) is 16.7 Å². The van der Waals surface area contributed by atoms with Gasteiger partial charge in [0.05, 0.1) is 0 Å². The van der Waals surface area contributed by atoms with Gasteiger partial charge in [-0.1, -0.05) is 42.0 Å². The van der Waals surface area contributed by atoms with E-state index in [1.807, 2.05) is 30.3 Å². The predicted molar refractivity (Wildman–Crippen MR) is 88.0 cm³/mol. The van der Waals surface area contributed by atoms with Crippen molar-refractivity contribution in [3.05, 3.63) is 66.1 Å². The second-order valence-electron chi connectivity index (χ2n) is 4.99. The van der Waals surface area contributed by atoms with Crippen molar-refractivity contribution in [1.29, 1.82) is 5.26 Å². The van der Waals surface area contributed by atoms with Crippen LogP contribution < -0.4 is 5.32 Å². The highest BCUT2D eigenvalue weighted by atomic mass is 15.5. The first-order valence-electron chi connectivity index (χ1n) is 7.04. The Morgan fingerprint density at radius 1 is 1.09 bits per heavy atom. The van der Waals surface area contributed by atoms with E-state index >= 15 is 0 Å². The first kappa shape index (κ1) is 14.5. The van der Waals surface area contributed by atoms with Crippen LogP contribution in [-0.4, -0.2) is 20.6 Å². The van der Waals surface area contributed by atoms with Crippen molar-refractivity contribution in [3.8, 4) is 17.2 Å². The number of H-pyrrole nitrogens is 1. The number of hydrogen-bond donors (Lipinski definition) is 2. The minimum Gasteiger partial charge on any atom is -0.360 e. The Kier molecular flexibility index (Phi) is 4.11. The molecular formula is C17H14N6. The standard InChI is InChI=1S/C17H14N6/c1-12-2-4-13(5-3-12)14-6-8-16(9-7-14)19-11-15(10-18)17-20-22-23-21-17/h2-9,11,19H,1H3,(H,20,21,22,23). The highest BCUT2D eigenvalue weighted by Crippen LogP contribution is 2.22. The number of nitrogens with zero attached hydrogens (tertiary/aromatic N) is 4. The Bertz CT molecular complexity index is 840. The van der Waals surface area contributed by atoms with Gasteiger partial charge >= 0.3 is 0 Å². The Balaban J connectivity index is 1.75. The van der Waals surface area contributed by atoms with Gasteiger partial charge in [-0.25, -0.2) is 0 Å². The van der Waals surface area contributed by atoms with Crippen LogP contribution in [0.5, 0.6) is 0 Å². The van der Waals surface area contributed by atoms with Gasteiger partial charge in [-0.15, -0.1) is 10.2 Å².